The number of methoxy groups -OCH3 is 1. The van der Waals surface area contributed by atoms with E-state index in [0.717, 1.165) is 18.8 Å². The first kappa shape index (κ1) is 21.2. The van der Waals surface area contributed by atoms with Crippen molar-refractivity contribution >= 4 is 11.9 Å². The quantitative estimate of drug-likeness (QED) is 0.685. The van der Waals surface area contributed by atoms with Gasteiger partial charge < -0.3 is 20.3 Å². The molecule has 2 rings (SSSR count). The zero-order valence-electron chi connectivity index (χ0n) is 15.2. The van der Waals surface area contributed by atoms with Crippen LogP contribution in [0.2, 0.25) is 0 Å². The van der Waals surface area contributed by atoms with Crippen LogP contribution >= 0.6 is 0 Å². The average molecular weight is 359 g/mol. The second-order valence-electron chi connectivity index (χ2n) is 5.96. The van der Waals surface area contributed by atoms with Gasteiger partial charge in [-0.25, -0.2) is 9.59 Å². The second-order valence-corrected chi connectivity index (χ2v) is 5.96. The van der Waals surface area contributed by atoms with Gasteiger partial charge in [0.2, 0.25) is 0 Å². The summed E-state index contributed by atoms with van der Waals surface area (Å²) in [6.45, 7) is 6.20. The molecule has 0 saturated carbocycles. The molecule has 0 saturated heterocycles. The molecule has 0 radical (unpaired) electrons. The topological polar surface area (TPSA) is 95.9 Å². The Morgan fingerprint density at radius 1 is 0.885 bits per heavy atom. The fourth-order valence-corrected chi connectivity index (χ4v) is 2.11. The van der Waals surface area contributed by atoms with Gasteiger partial charge in [0.25, 0.3) is 0 Å². The predicted octanol–water partition coefficient (Wildman–Crippen LogP) is 3.26. The molecule has 6 nitrogen and oxygen atoms in total. The summed E-state index contributed by atoms with van der Waals surface area (Å²) in [5, 5.41) is 18.2. The third kappa shape index (κ3) is 7.81. The Morgan fingerprint density at radius 3 is 1.65 bits per heavy atom. The van der Waals surface area contributed by atoms with Crippen molar-refractivity contribution in [2.45, 2.75) is 32.9 Å². The molecule has 0 aliphatic rings. The number of aliphatic carboxylic acids is 2. The van der Waals surface area contributed by atoms with Gasteiger partial charge in [0.1, 0.15) is 5.75 Å². The molecule has 0 atom stereocenters. The maximum atomic E-state index is 9.10. The van der Waals surface area contributed by atoms with Gasteiger partial charge in [0.15, 0.2) is 0 Å². The Balaban J connectivity index is 0.000000487. The molecule has 0 spiro atoms. The van der Waals surface area contributed by atoms with E-state index in [2.05, 4.69) is 55.6 Å². The second kappa shape index (κ2) is 10.9. The molecule has 0 unspecified atom stereocenters. The third-order valence-corrected chi connectivity index (χ3v) is 3.65. The number of hydrogen-bond acceptors (Lipinski definition) is 4. The van der Waals surface area contributed by atoms with Crippen molar-refractivity contribution in [3.63, 3.8) is 0 Å². The van der Waals surface area contributed by atoms with Crippen molar-refractivity contribution in [2.24, 2.45) is 0 Å². The van der Waals surface area contributed by atoms with Crippen LogP contribution in [0.25, 0.3) is 0 Å². The maximum Gasteiger partial charge on any atom is 0.414 e. The van der Waals surface area contributed by atoms with Gasteiger partial charge in [0, 0.05) is 13.1 Å². The molecule has 0 aliphatic carbocycles. The monoisotopic (exact) mass is 359 g/mol. The number of nitrogens with one attached hydrogen (secondary N) is 1. The first-order valence-corrected chi connectivity index (χ1v) is 8.22. The normalized spacial score (nSPS) is 10.0. The summed E-state index contributed by atoms with van der Waals surface area (Å²) in [6, 6.07) is 17.0. The van der Waals surface area contributed by atoms with Crippen LogP contribution in [-0.4, -0.2) is 29.3 Å². The standard InChI is InChI=1S/C18H23NO.C2H2O4/c1-14(2)17-8-4-15(5-9-17)12-19-13-16-6-10-18(20-3)11-7-16;3-1(4)2(5)6/h4-11,14,19H,12-13H2,1-3H3;(H,3,4)(H,5,6). The van der Waals surface area contributed by atoms with E-state index < -0.39 is 11.9 Å². The Kier molecular flexibility index (Phi) is 8.87. The lowest BCUT2D eigenvalue weighted by atomic mass is 10.0. The highest BCUT2D eigenvalue weighted by Gasteiger charge is 2.04. The zero-order valence-corrected chi connectivity index (χ0v) is 15.2. The van der Waals surface area contributed by atoms with E-state index in [1.165, 1.54) is 16.7 Å². The van der Waals surface area contributed by atoms with E-state index in [1.807, 2.05) is 12.1 Å². The van der Waals surface area contributed by atoms with E-state index in [4.69, 9.17) is 24.5 Å². The first-order valence-electron chi connectivity index (χ1n) is 8.22. The van der Waals surface area contributed by atoms with Gasteiger partial charge in [-0.05, 0) is 34.7 Å². The van der Waals surface area contributed by atoms with Gasteiger partial charge >= 0.3 is 11.9 Å². The smallest absolute Gasteiger partial charge is 0.414 e. The minimum absolute atomic E-state index is 0.594. The van der Waals surface area contributed by atoms with Gasteiger partial charge in [-0.1, -0.05) is 50.2 Å². The number of ether oxygens (including phenoxy) is 1. The van der Waals surface area contributed by atoms with Crippen LogP contribution in [0.5, 0.6) is 5.75 Å². The Labute approximate surface area is 153 Å². The van der Waals surface area contributed by atoms with Crippen LogP contribution in [0.4, 0.5) is 0 Å². The fourth-order valence-electron chi connectivity index (χ4n) is 2.11. The molecule has 26 heavy (non-hydrogen) atoms. The van der Waals surface area contributed by atoms with Crippen molar-refractivity contribution in [3.05, 3.63) is 65.2 Å². The molecular formula is C20H25NO5. The SMILES string of the molecule is COc1ccc(CNCc2ccc(C(C)C)cc2)cc1.O=C(O)C(=O)O. The predicted molar refractivity (Wildman–Crippen MR) is 99.3 cm³/mol. The lowest BCUT2D eigenvalue weighted by Gasteiger charge is -2.08. The summed E-state index contributed by atoms with van der Waals surface area (Å²) in [7, 11) is 1.69. The Morgan fingerprint density at radius 2 is 1.31 bits per heavy atom. The molecule has 0 fully saturated rings. The summed E-state index contributed by atoms with van der Waals surface area (Å²) < 4.78 is 5.15. The van der Waals surface area contributed by atoms with E-state index in [1.54, 1.807) is 7.11 Å². The van der Waals surface area contributed by atoms with Crippen molar-refractivity contribution < 1.29 is 24.5 Å². The van der Waals surface area contributed by atoms with Gasteiger partial charge in [-0.3, -0.25) is 0 Å². The number of rotatable bonds is 6. The molecule has 0 amide bonds. The Hall–Kier alpha value is -2.86. The summed E-state index contributed by atoms with van der Waals surface area (Å²) in [5.74, 6) is -2.15. The highest BCUT2D eigenvalue weighted by atomic mass is 16.5. The van der Waals surface area contributed by atoms with Gasteiger partial charge in [-0.2, -0.15) is 0 Å². The van der Waals surface area contributed by atoms with Gasteiger partial charge in [-0.15, -0.1) is 0 Å². The highest BCUT2D eigenvalue weighted by molar-refractivity contribution is 6.27. The minimum Gasteiger partial charge on any atom is -0.497 e. The molecule has 140 valence electrons. The molecular weight excluding hydrogens is 334 g/mol. The number of hydrogen-bond donors (Lipinski definition) is 3. The van der Waals surface area contributed by atoms with Crippen molar-refractivity contribution in [3.8, 4) is 5.75 Å². The molecule has 2 aromatic rings. The summed E-state index contributed by atoms with van der Waals surface area (Å²) in [5.41, 5.74) is 3.98. The van der Waals surface area contributed by atoms with E-state index >= 15 is 0 Å². The number of carboxylic acids is 2. The van der Waals surface area contributed by atoms with Crippen LogP contribution in [-0.2, 0) is 22.7 Å². The largest absolute Gasteiger partial charge is 0.497 e. The highest BCUT2D eigenvalue weighted by Crippen LogP contribution is 2.15. The molecule has 2 aromatic carbocycles. The van der Waals surface area contributed by atoms with Crippen molar-refractivity contribution in [1.82, 2.24) is 5.32 Å². The van der Waals surface area contributed by atoms with Crippen molar-refractivity contribution in [2.75, 3.05) is 7.11 Å². The van der Waals surface area contributed by atoms with Crippen LogP contribution in [0, 0.1) is 0 Å². The molecule has 0 heterocycles. The summed E-state index contributed by atoms with van der Waals surface area (Å²) in [4.78, 5) is 18.2. The van der Waals surface area contributed by atoms with E-state index in [9.17, 15) is 0 Å². The Bertz CT molecular complexity index is 681. The molecule has 6 heteroatoms. The molecule has 0 aromatic heterocycles. The molecule has 3 N–H and O–H groups in total. The van der Waals surface area contributed by atoms with E-state index in [0.29, 0.717) is 5.92 Å². The van der Waals surface area contributed by atoms with Crippen molar-refractivity contribution in [1.29, 1.82) is 0 Å². The van der Waals surface area contributed by atoms with Gasteiger partial charge in [0.05, 0.1) is 7.11 Å². The van der Waals surface area contributed by atoms with Crippen LogP contribution < -0.4 is 10.1 Å². The summed E-state index contributed by atoms with van der Waals surface area (Å²) in [6.07, 6.45) is 0. The van der Waals surface area contributed by atoms with Crippen LogP contribution in [0.3, 0.4) is 0 Å². The lowest BCUT2D eigenvalue weighted by molar-refractivity contribution is -0.159. The fraction of sp³-hybridized carbons (Fsp3) is 0.300. The summed E-state index contributed by atoms with van der Waals surface area (Å²) >= 11 is 0. The average Bonchev–Trinajstić information content (AvgIpc) is 2.63. The minimum atomic E-state index is -1.82. The number of carboxylic acid groups (broad SMARTS) is 2. The molecule has 0 aliphatic heterocycles. The van der Waals surface area contributed by atoms with Crippen LogP contribution in [0.1, 0.15) is 36.5 Å². The number of carbonyl (C=O) groups is 2. The first-order chi connectivity index (χ1) is 12.3. The zero-order chi connectivity index (χ0) is 19.5. The number of benzene rings is 2. The third-order valence-electron chi connectivity index (χ3n) is 3.65. The maximum absolute atomic E-state index is 9.10. The molecule has 0 bridgehead atoms. The van der Waals surface area contributed by atoms with Crippen LogP contribution in [0.15, 0.2) is 48.5 Å². The van der Waals surface area contributed by atoms with E-state index in [-0.39, 0.29) is 0 Å². The lowest BCUT2D eigenvalue weighted by Crippen LogP contribution is -2.12.